The summed E-state index contributed by atoms with van der Waals surface area (Å²) in [5.74, 6) is 0.646. The number of hydrogen-bond donors (Lipinski definition) is 2. The van der Waals surface area contributed by atoms with Crippen LogP contribution in [0.3, 0.4) is 0 Å². The summed E-state index contributed by atoms with van der Waals surface area (Å²) in [7, 11) is -7.08. The van der Waals surface area contributed by atoms with E-state index >= 15 is 0 Å². The normalized spacial score (nSPS) is 13.3. The molecule has 0 saturated heterocycles. The van der Waals surface area contributed by atoms with Crippen LogP contribution in [0.25, 0.3) is 6.08 Å². The van der Waals surface area contributed by atoms with Crippen molar-refractivity contribution >= 4 is 48.9 Å². The maximum atomic E-state index is 12.9. The molecule has 10 heteroatoms. The van der Waals surface area contributed by atoms with E-state index in [1.165, 1.54) is 0 Å². The molecule has 0 spiro atoms. The molecule has 35 heavy (non-hydrogen) atoms. The molecule has 0 saturated carbocycles. The monoisotopic (exact) mass is 512 g/mol. The van der Waals surface area contributed by atoms with Gasteiger partial charge in [-0.25, -0.2) is 21.8 Å². The van der Waals surface area contributed by atoms with E-state index in [9.17, 15) is 16.8 Å². The minimum atomic E-state index is -3.54. The summed E-state index contributed by atoms with van der Waals surface area (Å²) in [6.45, 7) is 6.55. The lowest BCUT2D eigenvalue weighted by molar-refractivity contribution is 0.586. The highest BCUT2D eigenvalue weighted by atomic mass is 32.2. The molecule has 0 unspecified atom stereocenters. The van der Waals surface area contributed by atoms with Gasteiger partial charge in [-0.1, -0.05) is 36.4 Å². The van der Waals surface area contributed by atoms with Crippen molar-refractivity contribution in [3.63, 3.8) is 0 Å². The minimum Gasteiger partial charge on any atom is -0.338 e. The lowest BCUT2D eigenvalue weighted by Crippen LogP contribution is -2.16. The van der Waals surface area contributed by atoms with Crippen LogP contribution in [0.1, 0.15) is 39.0 Å². The molecular weight excluding hydrogens is 484 g/mol. The van der Waals surface area contributed by atoms with Gasteiger partial charge in [0.2, 0.25) is 5.95 Å². The van der Waals surface area contributed by atoms with Crippen molar-refractivity contribution in [1.29, 1.82) is 0 Å². The Bertz CT molecular complexity index is 1510. The Morgan fingerprint density at radius 1 is 0.743 bits per heavy atom. The third kappa shape index (κ3) is 4.81. The predicted molar refractivity (Wildman–Crippen MR) is 139 cm³/mol. The zero-order valence-electron chi connectivity index (χ0n) is 20.0. The maximum Gasteiger partial charge on any atom is 0.229 e. The highest BCUT2D eigenvalue weighted by Crippen LogP contribution is 2.33. The van der Waals surface area contributed by atoms with Gasteiger partial charge in [-0.2, -0.15) is 4.98 Å². The van der Waals surface area contributed by atoms with Crippen molar-refractivity contribution in [3.8, 4) is 0 Å². The predicted octanol–water partition coefficient (Wildman–Crippen LogP) is 4.90. The summed E-state index contributed by atoms with van der Waals surface area (Å²) in [6.07, 6.45) is 4.42. The largest absolute Gasteiger partial charge is 0.338 e. The van der Waals surface area contributed by atoms with Gasteiger partial charge in [-0.3, -0.25) is 0 Å². The van der Waals surface area contributed by atoms with Crippen molar-refractivity contribution in [2.24, 2.45) is 0 Å². The molecule has 1 aromatic heterocycles. The number of aromatic nitrogens is 2. The van der Waals surface area contributed by atoms with Crippen LogP contribution in [0.15, 0.2) is 64.4 Å². The van der Waals surface area contributed by atoms with Crippen LogP contribution in [-0.4, -0.2) is 37.3 Å². The van der Waals surface area contributed by atoms with Gasteiger partial charge < -0.3 is 10.6 Å². The summed E-state index contributed by atoms with van der Waals surface area (Å²) in [6, 6.07) is 13.3. The number of anilines is 4. The SMILES string of the molecule is CC(C)S(=O)(=O)c1ccccc1Nc1nc2c(c(Nc3ccccc3S(=O)(=O)C(C)C)n1)C=CC2. The molecule has 0 fully saturated rings. The number of benzene rings is 2. The van der Waals surface area contributed by atoms with Gasteiger partial charge in [-0.05, 0) is 52.0 Å². The molecule has 2 aromatic carbocycles. The Morgan fingerprint density at radius 2 is 1.26 bits per heavy atom. The van der Waals surface area contributed by atoms with Crippen LogP contribution in [-0.2, 0) is 26.1 Å². The molecule has 0 amide bonds. The molecule has 0 aliphatic heterocycles. The molecule has 1 aliphatic rings. The lowest BCUT2D eigenvalue weighted by atomic mass is 10.2. The highest BCUT2D eigenvalue weighted by molar-refractivity contribution is 7.92. The van der Waals surface area contributed by atoms with Gasteiger partial charge in [0.05, 0.1) is 37.4 Å². The molecule has 184 valence electrons. The Hall–Kier alpha value is -3.24. The number of nitrogens with one attached hydrogen (secondary N) is 2. The summed E-state index contributed by atoms with van der Waals surface area (Å²) < 4.78 is 51.6. The van der Waals surface area contributed by atoms with Gasteiger partial charge in [0, 0.05) is 12.0 Å². The van der Waals surface area contributed by atoms with Crippen molar-refractivity contribution in [2.45, 2.75) is 54.4 Å². The van der Waals surface area contributed by atoms with Crippen LogP contribution in [0, 0.1) is 0 Å². The van der Waals surface area contributed by atoms with Crippen LogP contribution in [0.5, 0.6) is 0 Å². The first-order chi connectivity index (χ1) is 16.5. The second kappa shape index (κ2) is 9.43. The van der Waals surface area contributed by atoms with Crippen molar-refractivity contribution in [3.05, 3.63) is 65.9 Å². The highest BCUT2D eigenvalue weighted by Gasteiger charge is 2.25. The van der Waals surface area contributed by atoms with Crippen LogP contribution in [0.2, 0.25) is 0 Å². The van der Waals surface area contributed by atoms with Gasteiger partial charge in [0.15, 0.2) is 19.7 Å². The average molecular weight is 513 g/mol. The molecule has 2 N–H and O–H groups in total. The van der Waals surface area contributed by atoms with Crippen LogP contribution < -0.4 is 10.6 Å². The lowest BCUT2D eigenvalue weighted by Gasteiger charge is -2.17. The van der Waals surface area contributed by atoms with Gasteiger partial charge in [0.25, 0.3) is 0 Å². The Kier molecular flexibility index (Phi) is 6.70. The van der Waals surface area contributed by atoms with Gasteiger partial charge in [0.1, 0.15) is 5.82 Å². The number of rotatable bonds is 8. The number of sulfone groups is 2. The molecule has 0 bridgehead atoms. The summed E-state index contributed by atoms with van der Waals surface area (Å²) >= 11 is 0. The number of hydrogen-bond acceptors (Lipinski definition) is 8. The molecule has 1 aliphatic carbocycles. The van der Waals surface area contributed by atoms with E-state index < -0.39 is 30.2 Å². The topological polar surface area (TPSA) is 118 Å². The smallest absolute Gasteiger partial charge is 0.229 e. The van der Waals surface area contributed by atoms with E-state index in [0.717, 1.165) is 11.3 Å². The molecule has 1 heterocycles. The van der Waals surface area contributed by atoms with Crippen LogP contribution >= 0.6 is 0 Å². The second-order valence-electron chi connectivity index (χ2n) is 8.79. The van der Waals surface area contributed by atoms with Gasteiger partial charge in [-0.15, -0.1) is 0 Å². The third-order valence-corrected chi connectivity index (χ3v) is 10.2. The number of nitrogens with zero attached hydrogens (tertiary/aromatic N) is 2. The molecule has 3 aromatic rings. The number of para-hydroxylation sites is 2. The van der Waals surface area contributed by atoms with Crippen molar-refractivity contribution in [2.75, 3.05) is 10.6 Å². The summed E-state index contributed by atoms with van der Waals surface area (Å²) in [4.78, 5) is 9.53. The van der Waals surface area contributed by atoms with Crippen molar-refractivity contribution < 1.29 is 16.8 Å². The van der Waals surface area contributed by atoms with E-state index in [1.807, 2.05) is 12.2 Å². The second-order valence-corrected chi connectivity index (χ2v) is 13.7. The number of fused-ring (bicyclic) bond motifs is 1. The third-order valence-electron chi connectivity index (χ3n) is 5.75. The fourth-order valence-electron chi connectivity index (χ4n) is 3.68. The summed E-state index contributed by atoms with van der Waals surface area (Å²) in [5, 5.41) is 5.07. The average Bonchev–Trinajstić information content (AvgIpc) is 3.28. The molecular formula is C25H28N4O4S2. The van der Waals surface area contributed by atoms with E-state index in [4.69, 9.17) is 0 Å². The standard InChI is InChI=1S/C25H28N4O4S2/c1-16(2)34(30,31)22-14-7-5-11-20(22)26-24-18-10-9-13-19(18)27-25(29-24)28-21-12-6-8-15-23(21)35(32,33)17(3)4/h5-12,14-17H,13H2,1-4H3,(H2,26,27,28,29). The first-order valence-electron chi connectivity index (χ1n) is 11.3. The molecule has 4 rings (SSSR count). The molecule has 8 nitrogen and oxygen atoms in total. The first-order valence-corrected chi connectivity index (χ1v) is 14.4. The fourth-order valence-corrected chi connectivity index (χ4v) is 6.08. The number of allylic oxidation sites excluding steroid dienone is 1. The van der Waals surface area contributed by atoms with Crippen LogP contribution in [0.4, 0.5) is 23.1 Å². The van der Waals surface area contributed by atoms with E-state index in [2.05, 4.69) is 20.6 Å². The van der Waals surface area contributed by atoms with E-state index in [0.29, 0.717) is 23.6 Å². The zero-order chi connectivity index (χ0) is 25.4. The summed E-state index contributed by atoms with van der Waals surface area (Å²) in [5.41, 5.74) is 2.30. The maximum absolute atomic E-state index is 12.9. The Morgan fingerprint density at radius 3 is 1.80 bits per heavy atom. The Balaban J connectivity index is 1.77. The zero-order valence-corrected chi connectivity index (χ0v) is 21.6. The van der Waals surface area contributed by atoms with E-state index in [-0.39, 0.29) is 15.7 Å². The van der Waals surface area contributed by atoms with Gasteiger partial charge >= 0.3 is 0 Å². The van der Waals surface area contributed by atoms with Crippen molar-refractivity contribution in [1.82, 2.24) is 9.97 Å². The van der Waals surface area contributed by atoms with E-state index in [1.54, 1.807) is 76.2 Å². The first kappa shape index (κ1) is 24.9. The quantitative estimate of drug-likeness (QED) is 0.438. The Labute approximate surface area is 206 Å². The molecule has 0 atom stereocenters. The minimum absolute atomic E-state index is 0.167. The fraction of sp³-hybridized carbons (Fsp3) is 0.280. The molecule has 0 radical (unpaired) electrons.